The Balaban J connectivity index is 1.51. The molecule has 1 aliphatic heterocycles. The van der Waals surface area contributed by atoms with Crippen molar-refractivity contribution in [3.63, 3.8) is 0 Å². The summed E-state index contributed by atoms with van der Waals surface area (Å²) >= 11 is 3.62. The first-order valence-corrected chi connectivity index (χ1v) is 9.34. The molecule has 0 spiro atoms. The fraction of sp³-hybridized carbons (Fsp3) is 0.500. The van der Waals surface area contributed by atoms with E-state index in [0.717, 1.165) is 41.8 Å². The van der Waals surface area contributed by atoms with Gasteiger partial charge in [0.05, 0.1) is 23.9 Å². The van der Waals surface area contributed by atoms with Crippen molar-refractivity contribution in [2.45, 2.75) is 38.3 Å². The zero-order valence-corrected chi connectivity index (χ0v) is 15.4. The van der Waals surface area contributed by atoms with Gasteiger partial charge in [-0.2, -0.15) is 5.10 Å². The Kier molecular flexibility index (Phi) is 4.50. The summed E-state index contributed by atoms with van der Waals surface area (Å²) in [4.78, 5) is 0. The van der Waals surface area contributed by atoms with Crippen molar-refractivity contribution in [2.75, 3.05) is 13.2 Å². The van der Waals surface area contributed by atoms with Crippen LogP contribution in [0.1, 0.15) is 42.1 Å². The molecule has 0 amide bonds. The maximum Gasteiger partial charge on any atom is 0.175 e. The molecule has 0 saturated heterocycles. The van der Waals surface area contributed by atoms with Crippen LogP contribution >= 0.6 is 15.9 Å². The molecule has 4 rings (SSSR count). The fourth-order valence-corrected chi connectivity index (χ4v) is 4.15. The van der Waals surface area contributed by atoms with Crippen LogP contribution in [0.3, 0.4) is 0 Å². The van der Waals surface area contributed by atoms with E-state index in [-0.39, 0.29) is 0 Å². The van der Waals surface area contributed by atoms with E-state index in [9.17, 15) is 0 Å². The molecule has 5 nitrogen and oxygen atoms in total. The maximum atomic E-state index is 5.83. The Bertz CT molecular complexity index is 744. The highest BCUT2D eigenvalue weighted by molar-refractivity contribution is 9.10. The van der Waals surface area contributed by atoms with Gasteiger partial charge in [-0.15, -0.1) is 0 Å². The van der Waals surface area contributed by atoms with Crippen molar-refractivity contribution in [2.24, 2.45) is 7.05 Å². The molecule has 0 saturated carbocycles. The third-order valence-electron chi connectivity index (χ3n) is 4.79. The normalized spacial score (nSPS) is 19.7. The molecule has 1 aromatic carbocycles. The molecule has 2 aromatic rings. The third kappa shape index (κ3) is 3.05. The molecular weight excluding hydrogens is 370 g/mol. The summed E-state index contributed by atoms with van der Waals surface area (Å²) in [7, 11) is 2.03. The summed E-state index contributed by atoms with van der Waals surface area (Å²) in [5.41, 5.74) is 3.90. The van der Waals surface area contributed by atoms with Crippen LogP contribution in [0, 0.1) is 0 Å². The van der Waals surface area contributed by atoms with Crippen LogP contribution in [-0.2, 0) is 20.0 Å². The molecule has 2 heterocycles. The summed E-state index contributed by atoms with van der Waals surface area (Å²) in [6.45, 7) is 2.21. The first kappa shape index (κ1) is 16.0. The van der Waals surface area contributed by atoms with Gasteiger partial charge in [-0.05, 0) is 52.9 Å². The lowest BCUT2D eigenvalue weighted by molar-refractivity contribution is 0.296. The van der Waals surface area contributed by atoms with E-state index < -0.39 is 0 Å². The van der Waals surface area contributed by atoms with E-state index in [1.807, 2.05) is 17.9 Å². The molecule has 6 heteroatoms. The Morgan fingerprint density at radius 2 is 2.17 bits per heavy atom. The molecule has 2 aliphatic rings. The van der Waals surface area contributed by atoms with Crippen LogP contribution < -0.4 is 14.8 Å². The Hall–Kier alpha value is -1.53. The molecule has 0 bridgehead atoms. The zero-order chi connectivity index (χ0) is 16.5. The van der Waals surface area contributed by atoms with E-state index in [4.69, 9.17) is 9.47 Å². The van der Waals surface area contributed by atoms with Crippen molar-refractivity contribution < 1.29 is 9.47 Å². The largest absolute Gasteiger partial charge is 0.490 e. The monoisotopic (exact) mass is 391 g/mol. The Morgan fingerprint density at radius 1 is 1.29 bits per heavy atom. The van der Waals surface area contributed by atoms with Crippen LogP contribution in [0.2, 0.25) is 0 Å². The number of benzene rings is 1. The average molecular weight is 392 g/mol. The molecule has 128 valence electrons. The molecule has 0 unspecified atom stereocenters. The molecule has 0 radical (unpaired) electrons. The van der Waals surface area contributed by atoms with Crippen molar-refractivity contribution in [1.82, 2.24) is 15.1 Å². The van der Waals surface area contributed by atoms with Gasteiger partial charge in [0, 0.05) is 37.3 Å². The van der Waals surface area contributed by atoms with Gasteiger partial charge in [0.25, 0.3) is 0 Å². The minimum Gasteiger partial charge on any atom is -0.490 e. The molecule has 1 aliphatic carbocycles. The van der Waals surface area contributed by atoms with E-state index in [2.05, 4.69) is 38.5 Å². The smallest absolute Gasteiger partial charge is 0.175 e. The van der Waals surface area contributed by atoms with Gasteiger partial charge in [-0.1, -0.05) is 0 Å². The SMILES string of the molecule is Cn1ncc2c1CCC[C@H]2NCc1cc(Br)c2c(c1)OCCCO2. The second kappa shape index (κ2) is 6.76. The number of aromatic nitrogens is 2. The van der Waals surface area contributed by atoms with Crippen LogP contribution in [-0.4, -0.2) is 23.0 Å². The van der Waals surface area contributed by atoms with Crippen LogP contribution in [0.5, 0.6) is 11.5 Å². The fourth-order valence-electron chi connectivity index (χ4n) is 3.55. The number of rotatable bonds is 3. The quantitative estimate of drug-likeness (QED) is 0.869. The number of nitrogens with one attached hydrogen (secondary N) is 1. The summed E-state index contributed by atoms with van der Waals surface area (Å²) in [6.07, 6.45) is 6.41. The standard InChI is InChI=1S/C18H22BrN3O2/c1-22-16-5-2-4-15(13(16)11-21-22)20-10-12-8-14(19)18-17(9-12)23-6-3-7-24-18/h8-9,11,15,20H,2-7,10H2,1H3/t15-/m1/s1. The predicted molar refractivity (Wildman–Crippen MR) is 95.5 cm³/mol. The molecule has 0 fully saturated rings. The van der Waals surface area contributed by atoms with E-state index in [1.54, 1.807) is 0 Å². The molecule has 1 atom stereocenters. The second-order valence-electron chi connectivity index (χ2n) is 6.45. The average Bonchev–Trinajstić information content (AvgIpc) is 2.81. The van der Waals surface area contributed by atoms with Crippen molar-refractivity contribution in [3.05, 3.63) is 39.6 Å². The lowest BCUT2D eigenvalue weighted by Crippen LogP contribution is -2.25. The number of aryl methyl sites for hydroxylation is 1. The van der Waals surface area contributed by atoms with Crippen LogP contribution in [0.4, 0.5) is 0 Å². The van der Waals surface area contributed by atoms with Crippen LogP contribution in [0.25, 0.3) is 0 Å². The first-order chi connectivity index (χ1) is 11.7. The van der Waals surface area contributed by atoms with E-state index in [1.165, 1.54) is 23.2 Å². The van der Waals surface area contributed by atoms with Gasteiger partial charge in [-0.3, -0.25) is 4.68 Å². The lowest BCUT2D eigenvalue weighted by Gasteiger charge is -2.24. The Labute approximate surface area is 150 Å². The minimum absolute atomic E-state index is 0.372. The zero-order valence-electron chi connectivity index (χ0n) is 13.8. The molecule has 1 aromatic heterocycles. The first-order valence-electron chi connectivity index (χ1n) is 8.54. The maximum absolute atomic E-state index is 5.83. The Morgan fingerprint density at radius 3 is 3.08 bits per heavy atom. The van der Waals surface area contributed by atoms with Gasteiger partial charge < -0.3 is 14.8 Å². The molecular formula is C18H22BrN3O2. The lowest BCUT2D eigenvalue weighted by atomic mass is 9.93. The van der Waals surface area contributed by atoms with E-state index >= 15 is 0 Å². The molecule has 1 N–H and O–H groups in total. The van der Waals surface area contributed by atoms with Gasteiger partial charge >= 0.3 is 0 Å². The summed E-state index contributed by atoms with van der Waals surface area (Å²) < 4.78 is 14.6. The number of hydrogen-bond donors (Lipinski definition) is 1. The van der Waals surface area contributed by atoms with Crippen molar-refractivity contribution >= 4 is 15.9 Å². The topological polar surface area (TPSA) is 48.3 Å². The highest BCUT2D eigenvalue weighted by atomic mass is 79.9. The summed E-state index contributed by atoms with van der Waals surface area (Å²) in [5, 5.41) is 8.10. The minimum atomic E-state index is 0.372. The van der Waals surface area contributed by atoms with Gasteiger partial charge in [0.1, 0.15) is 0 Å². The number of halogens is 1. The number of fused-ring (bicyclic) bond motifs is 2. The van der Waals surface area contributed by atoms with Gasteiger partial charge in [0.15, 0.2) is 11.5 Å². The predicted octanol–water partition coefficient (Wildman–Crippen LogP) is 3.51. The highest BCUT2D eigenvalue weighted by Crippen LogP contribution is 2.38. The number of hydrogen-bond acceptors (Lipinski definition) is 4. The van der Waals surface area contributed by atoms with Crippen molar-refractivity contribution in [3.8, 4) is 11.5 Å². The molecule has 24 heavy (non-hydrogen) atoms. The van der Waals surface area contributed by atoms with Gasteiger partial charge in [0.2, 0.25) is 0 Å². The summed E-state index contributed by atoms with van der Waals surface area (Å²) in [6, 6.07) is 4.58. The highest BCUT2D eigenvalue weighted by Gasteiger charge is 2.23. The van der Waals surface area contributed by atoms with Gasteiger partial charge in [-0.25, -0.2) is 0 Å². The number of nitrogens with zero attached hydrogens (tertiary/aromatic N) is 2. The summed E-state index contributed by atoms with van der Waals surface area (Å²) in [5.74, 6) is 1.66. The van der Waals surface area contributed by atoms with Crippen molar-refractivity contribution in [1.29, 1.82) is 0 Å². The second-order valence-corrected chi connectivity index (χ2v) is 7.31. The van der Waals surface area contributed by atoms with E-state index in [0.29, 0.717) is 19.3 Å². The van der Waals surface area contributed by atoms with Crippen LogP contribution in [0.15, 0.2) is 22.8 Å². The third-order valence-corrected chi connectivity index (χ3v) is 5.38. The number of ether oxygens (including phenoxy) is 2.